The number of rotatable bonds is 7. The molecule has 0 bridgehead atoms. The van der Waals surface area contributed by atoms with E-state index in [0.29, 0.717) is 23.8 Å². The highest BCUT2D eigenvalue weighted by atomic mass is 16.5. The number of aryl methyl sites for hydroxylation is 1. The average Bonchev–Trinajstić information content (AvgIpc) is 3.13. The van der Waals surface area contributed by atoms with E-state index in [9.17, 15) is 9.59 Å². The standard InChI is InChI=1S/C22H26N2O5/c1-14-5-7-17(8-6-14)24-13-16(10-21(24)25)22(26)23-12-15-9-19(28-3)20(29-4)11-18(15)27-2/h5-9,11,16H,10,12-13H2,1-4H3,(H,23,26)/t16-/m1/s1. The molecule has 2 amide bonds. The Hall–Kier alpha value is -3.22. The van der Waals surface area contributed by atoms with Crippen LogP contribution in [0.5, 0.6) is 17.2 Å². The van der Waals surface area contributed by atoms with Crippen LogP contribution in [0.1, 0.15) is 17.5 Å². The SMILES string of the molecule is COc1cc(OC)c(OC)cc1CNC(=O)[C@@H]1CC(=O)N(c2ccc(C)cc2)C1. The number of ether oxygens (including phenoxy) is 3. The Labute approximate surface area is 170 Å². The Morgan fingerprint density at radius 2 is 1.66 bits per heavy atom. The van der Waals surface area contributed by atoms with E-state index in [4.69, 9.17) is 14.2 Å². The van der Waals surface area contributed by atoms with E-state index < -0.39 is 5.92 Å². The summed E-state index contributed by atoms with van der Waals surface area (Å²) in [5, 5.41) is 2.91. The van der Waals surface area contributed by atoms with Crippen molar-refractivity contribution in [2.75, 3.05) is 32.8 Å². The third kappa shape index (κ3) is 4.45. The summed E-state index contributed by atoms with van der Waals surface area (Å²) in [5.41, 5.74) is 2.70. The van der Waals surface area contributed by atoms with Crippen LogP contribution in [0, 0.1) is 12.8 Å². The second-order valence-corrected chi connectivity index (χ2v) is 6.98. The van der Waals surface area contributed by atoms with Gasteiger partial charge in [0.2, 0.25) is 11.8 Å². The van der Waals surface area contributed by atoms with Gasteiger partial charge in [0.1, 0.15) is 5.75 Å². The summed E-state index contributed by atoms with van der Waals surface area (Å²) in [6.07, 6.45) is 0.197. The summed E-state index contributed by atoms with van der Waals surface area (Å²) < 4.78 is 16.0. The molecule has 0 radical (unpaired) electrons. The van der Waals surface area contributed by atoms with Crippen molar-refractivity contribution in [1.29, 1.82) is 0 Å². The van der Waals surface area contributed by atoms with Gasteiger partial charge in [0, 0.05) is 36.8 Å². The highest BCUT2D eigenvalue weighted by Gasteiger charge is 2.35. The van der Waals surface area contributed by atoms with Crippen molar-refractivity contribution in [3.8, 4) is 17.2 Å². The van der Waals surface area contributed by atoms with Gasteiger partial charge in [-0.25, -0.2) is 0 Å². The maximum absolute atomic E-state index is 12.7. The summed E-state index contributed by atoms with van der Waals surface area (Å²) in [6.45, 7) is 2.63. The first kappa shape index (κ1) is 20.5. The number of methoxy groups -OCH3 is 3. The first-order chi connectivity index (χ1) is 14.0. The molecule has 0 saturated carbocycles. The van der Waals surface area contributed by atoms with E-state index in [2.05, 4.69) is 5.32 Å². The molecule has 7 heteroatoms. The molecule has 0 unspecified atom stereocenters. The molecular weight excluding hydrogens is 372 g/mol. The lowest BCUT2D eigenvalue weighted by Gasteiger charge is -2.17. The normalized spacial score (nSPS) is 15.9. The van der Waals surface area contributed by atoms with Gasteiger partial charge in [0.25, 0.3) is 0 Å². The predicted molar refractivity (Wildman–Crippen MR) is 110 cm³/mol. The fourth-order valence-electron chi connectivity index (χ4n) is 3.41. The summed E-state index contributed by atoms with van der Waals surface area (Å²) in [7, 11) is 4.66. The molecule has 0 spiro atoms. The Bertz CT molecular complexity index is 895. The van der Waals surface area contributed by atoms with E-state index in [1.54, 1.807) is 38.4 Å². The molecule has 0 aliphatic carbocycles. The molecule has 1 saturated heterocycles. The second kappa shape index (κ2) is 8.86. The predicted octanol–water partition coefficient (Wildman–Crippen LogP) is 2.69. The number of anilines is 1. The van der Waals surface area contributed by atoms with Crippen LogP contribution in [0.4, 0.5) is 5.69 Å². The zero-order valence-electron chi connectivity index (χ0n) is 17.2. The quantitative estimate of drug-likeness (QED) is 0.776. The maximum Gasteiger partial charge on any atom is 0.227 e. The number of benzene rings is 2. The van der Waals surface area contributed by atoms with E-state index in [1.807, 2.05) is 31.2 Å². The van der Waals surface area contributed by atoms with Crippen molar-refractivity contribution < 1.29 is 23.8 Å². The molecule has 1 heterocycles. The molecular formula is C22H26N2O5. The smallest absolute Gasteiger partial charge is 0.227 e. The van der Waals surface area contributed by atoms with Crippen LogP contribution in [-0.2, 0) is 16.1 Å². The van der Waals surface area contributed by atoms with Gasteiger partial charge in [-0.3, -0.25) is 9.59 Å². The van der Waals surface area contributed by atoms with Crippen LogP contribution in [-0.4, -0.2) is 39.7 Å². The summed E-state index contributed by atoms with van der Waals surface area (Å²) in [6, 6.07) is 11.2. The van der Waals surface area contributed by atoms with Crippen LogP contribution in [0.2, 0.25) is 0 Å². The number of carbonyl (C=O) groups is 2. The lowest BCUT2D eigenvalue weighted by Crippen LogP contribution is -2.32. The summed E-state index contributed by atoms with van der Waals surface area (Å²) >= 11 is 0. The van der Waals surface area contributed by atoms with Gasteiger partial charge in [-0.05, 0) is 25.1 Å². The van der Waals surface area contributed by atoms with Gasteiger partial charge in [0.05, 0.1) is 27.2 Å². The van der Waals surface area contributed by atoms with E-state index >= 15 is 0 Å². The Morgan fingerprint density at radius 3 is 2.28 bits per heavy atom. The lowest BCUT2D eigenvalue weighted by atomic mass is 10.1. The first-order valence-corrected chi connectivity index (χ1v) is 9.40. The van der Waals surface area contributed by atoms with Crippen LogP contribution >= 0.6 is 0 Å². The first-order valence-electron chi connectivity index (χ1n) is 9.40. The zero-order valence-corrected chi connectivity index (χ0v) is 17.2. The number of carbonyl (C=O) groups excluding carboxylic acids is 2. The third-order valence-electron chi connectivity index (χ3n) is 5.08. The highest BCUT2D eigenvalue weighted by Crippen LogP contribution is 2.34. The highest BCUT2D eigenvalue weighted by molar-refractivity contribution is 6.00. The van der Waals surface area contributed by atoms with Crippen molar-refractivity contribution >= 4 is 17.5 Å². The van der Waals surface area contributed by atoms with E-state index in [0.717, 1.165) is 16.8 Å². The molecule has 29 heavy (non-hydrogen) atoms. The average molecular weight is 398 g/mol. The minimum atomic E-state index is -0.394. The molecule has 3 rings (SSSR count). The third-order valence-corrected chi connectivity index (χ3v) is 5.08. The Balaban J connectivity index is 1.67. The van der Waals surface area contributed by atoms with Crippen molar-refractivity contribution in [3.63, 3.8) is 0 Å². The van der Waals surface area contributed by atoms with Gasteiger partial charge in [0.15, 0.2) is 11.5 Å². The van der Waals surface area contributed by atoms with Crippen LogP contribution in [0.25, 0.3) is 0 Å². The monoisotopic (exact) mass is 398 g/mol. The minimum absolute atomic E-state index is 0.0438. The van der Waals surface area contributed by atoms with E-state index in [1.165, 1.54) is 0 Å². The maximum atomic E-state index is 12.7. The fraction of sp³-hybridized carbons (Fsp3) is 0.364. The topological polar surface area (TPSA) is 77.1 Å². The van der Waals surface area contributed by atoms with Gasteiger partial charge in [-0.1, -0.05) is 17.7 Å². The second-order valence-electron chi connectivity index (χ2n) is 6.98. The van der Waals surface area contributed by atoms with E-state index in [-0.39, 0.29) is 24.8 Å². The van der Waals surface area contributed by atoms with Crippen LogP contribution < -0.4 is 24.4 Å². The number of nitrogens with one attached hydrogen (secondary N) is 1. The van der Waals surface area contributed by atoms with Crippen LogP contribution in [0.15, 0.2) is 36.4 Å². The molecule has 154 valence electrons. The number of hydrogen-bond donors (Lipinski definition) is 1. The van der Waals surface area contributed by atoms with Crippen molar-refractivity contribution in [2.24, 2.45) is 5.92 Å². The molecule has 2 aromatic rings. The van der Waals surface area contributed by atoms with Crippen LogP contribution in [0.3, 0.4) is 0 Å². The minimum Gasteiger partial charge on any atom is -0.496 e. The number of hydrogen-bond acceptors (Lipinski definition) is 5. The molecule has 1 aliphatic heterocycles. The molecule has 0 aromatic heterocycles. The Morgan fingerprint density at radius 1 is 1.03 bits per heavy atom. The molecule has 1 atom stereocenters. The Kier molecular flexibility index (Phi) is 6.26. The summed E-state index contributed by atoms with van der Waals surface area (Å²) in [5.74, 6) is 1.10. The molecule has 1 fully saturated rings. The van der Waals surface area contributed by atoms with Crippen molar-refractivity contribution in [1.82, 2.24) is 5.32 Å². The molecule has 2 aromatic carbocycles. The lowest BCUT2D eigenvalue weighted by molar-refractivity contribution is -0.126. The molecule has 7 nitrogen and oxygen atoms in total. The molecule has 1 N–H and O–H groups in total. The number of amides is 2. The largest absolute Gasteiger partial charge is 0.496 e. The molecule has 1 aliphatic rings. The van der Waals surface area contributed by atoms with Gasteiger partial charge in [-0.2, -0.15) is 0 Å². The van der Waals surface area contributed by atoms with Gasteiger partial charge in [-0.15, -0.1) is 0 Å². The van der Waals surface area contributed by atoms with Crippen molar-refractivity contribution in [3.05, 3.63) is 47.5 Å². The number of nitrogens with zero attached hydrogens (tertiary/aromatic N) is 1. The van der Waals surface area contributed by atoms with Gasteiger partial charge >= 0.3 is 0 Å². The fourth-order valence-corrected chi connectivity index (χ4v) is 3.41. The van der Waals surface area contributed by atoms with Crippen molar-refractivity contribution in [2.45, 2.75) is 19.9 Å². The summed E-state index contributed by atoms with van der Waals surface area (Å²) in [4.78, 5) is 26.8. The van der Waals surface area contributed by atoms with Gasteiger partial charge < -0.3 is 24.4 Å². The zero-order chi connectivity index (χ0) is 21.0.